The van der Waals surface area contributed by atoms with Crippen molar-refractivity contribution in [3.05, 3.63) is 59.2 Å². The fraction of sp³-hybridized carbons (Fsp3) is 0.235. The average molecular weight is 305 g/mol. The van der Waals surface area contributed by atoms with E-state index in [4.69, 9.17) is 4.74 Å². The molecule has 1 atom stereocenters. The van der Waals surface area contributed by atoms with E-state index in [2.05, 4.69) is 5.32 Å². The van der Waals surface area contributed by atoms with Gasteiger partial charge in [0.15, 0.2) is 6.10 Å². The van der Waals surface area contributed by atoms with Crippen LogP contribution >= 0.6 is 0 Å². The van der Waals surface area contributed by atoms with Gasteiger partial charge >= 0.3 is 0 Å². The first-order chi connectivity index (χ1) is 10.4. The fourth-order valence-corrected chi connectivity index (χ4v) is 1.92. The Morgan fingerprint density at radius 2 is 1.91 bits per heavy atom. The number of carbonyl (C=O) groups excluding carboxylic acids is 1. The molecule has 5 heteroatoms. The van der Waals surface area contributed by atoms with Crippen LogP contribution in [0.1, 0.15) is 18.1 Å². The molecule has 1 amide bonds. The van der Waals surface area contributed by atoms with Crippen molar-refractivity contribution in [1.29, 1.82) is 0 Å². The molecule has 2 rings (SSSR count). The third-order valence-corrected chi connectivity index (χ3v) is 3.42. The Morgan fingerprint density at radius 1 is 1.18 bits per heavy atom. The van der Waals surface area contributed by atoms with Gasteiger partial charge in [-0.25, -0.2) is 8.78 Å². The lowest BCUT2D eigenvalue weighted by Crippen LogP contribution is -2.30. The molecule has 2 aromatic carbocycles. The van der Waals surface area contributed by atoms with Crippen LogP contribution in [0.2, 0.25) is 0 Å². The summed E-state index contributed by atoms with van der Waals surface area (Å²) in [5.74, 6) is -1.43. The Kier molecular flexibility index (Phi) is 4.75. The summed E-state index contributed by atoms with van der Waals surface area (Å²) in [6.45, 7) is 5.41. The second-order valence-corrected chi connectivity index (χ2v) is 5.07. The van der Waals surface area contributed by atoms with Gasteiger partial charge in [0.1, 0.15) is 17.4 Å². The third-order valence-electron chi connectivity index (χ3n) is 3.42. The first-order valence-electron chi connectivity index (χ1n) is 6.87. The first kappa shape index (κ1) is 15.9. The van der Waals surface area contributed by atoms with E-state index in [9.17, 15) is 13.6 Å². The monoisotopic (exact) mass is 305 g/mol. The molecule has 0 radical (unpaired) electrons. The van der Waals surface area contributed by atoms with Crippen LogP contribution in [0, 0.1) is 25.5 Å². The molecule has 1 N–H and O–H groups in total. The molecule has 22 heavy (non-hydrogen) atoms. The lowest BCUT2D eigenvalue weighted by atomic mass is 10.1. The Morgan fingerprint density at radius 3 is 2.59 bits per heavy atom. The van der Waals surface area contributed by atoms with Crippen molar-refractivity contribution >= 4 is 11.6 Å². The van der Waals surface area contributed by atoms with Gasteiger partial charge in [-0.1, -0.05) is 12.1 Å². The van der Waals surface area contributed by atoms with Crippen molar-refractivity contribution in [3.63, 3.8) is 0 Å². The van der Waals surface area contributed by atoms with Gasteiger partial charge in [0, 0.05) is 6.07 Å². The number of carbonyl (C=O) groups is 1. The SMILES string of the molecule is Cc1cccc(OC(C)C(=O)Nc2ccc(F)cc2F)c1C. The number of rotatable bonds is 4. The van der Waals surface area contributed by atoms with Crippen molar-refractivity contribution in [2.75, 3.05) is 5.32 Å². The Hall–Kier alpha value is -2.43. The quantitative estimate of drug-likeness (QED) is 0.927. The van der Waals surface area contributed by atoms with Gasteiger partial charge in [-0.15, -0.1) is 0 Å². The minimum absolute atomic E-state index is 0.0807. The van der Waals surface area contributed by atoms with Gasteiger partial charge in [0.2, 0.25) is 0 Å². The number of amides is 1. The number of hydrogen-bond acceptors (Lipinski definition) is 2. The molecular weight excluding hydrogens is 288 g/mol. The highest BCUT2D eigenvalue weighted by Gasteiger charge is 2.17. The van der Waals surface area contributed by atoms with Crippen LogP contribution in [0.4, 0.5) is 14.5 Å². The maximum absolute atomic E-state index is 13.5. The molecular formula is C17H17F2NO2. The minimum Gasteiger partial charge on any atom is -0.481 e. The second kappa shape index (κ2) is 6.56. The summed E-state index contributed by atoms with van der Waals surface area (Å²) in [4.78, 5) is 12.1. The summed E-state index contributed by atoms with van der Waals surface area (Å²) in [7, 11) is 0. The zero-order chi connectivity index (χ0) is 16.3. The second-order valence-electron chi connectivity index (χ2n) is 5.07. The smallest absolute Gasteiger partial charge is 0.265 e. The van der Waals surface area contributed by atoms with E-state index in [1.165, 1.54) is 6.07 Å². The molecule has 0 aliphatic heterocycles. The van der Waals surface area contributed by atoms with Crippen molar-refractivity contribution < 1.29 is 18.3 Å². The normalized spacial score (nSPS) is 11.9. The molecule has 1 unspecified atom stereocenters. The van der Waals surface area contributed by atoms with Crippen molar-refractivity contribution in [1.82, 2.24) is 0 Å². The van der Waals surface area contributed by atoms with E-state index in [1.807, 2.05) is 26.0 Å². The molecule has 0 bridgehead atoms. The highest BCUT2D eigenvalue weighted by molar-refractivity contribution is 5.94. The highest BCUT2D eigenvalue weighted by Crippen LogP contribution is 2.22. The van der Waals surface area contributed by atoms with Crippen LogP contribution in [0.15, 0.2) is 36.4 Å². The van der Waals surface area contributed by atoms with Gasteiger partial charge in [0.25, 0.3) is 5.91 Å². The van der Waals surface area contributed by atoms with E-state index in [0.29, 0.717) is 11.8 Å². The Labute approximate surface area is 127 Å². The standard InChI is InChI=1S/C17H17F2NO2/c1-10-5-4-6-16(11(10)2)22-12(3)17(21)20-15-8-7-13(18)9-14(15)19/h4-9,12H,1-3H3,(H,20,21). The van der Waals surface area contributed by atoms with Crippen LogP contribution in [0.5, 0.6) is 5.75 Å². The fourth-order valence-electron chi connectivity index (χ4n) is 1.92. The summed E-state index contributed by atoms with van der Waals surface area (Å²) in [6.07, 6.45) is -0.815. The number of anilines is 1. The number of hydrogen-bond donors (Lipinski definition) is 1. The van der Waals surface area contributed by atoms with E-state index in [-0.39, 0.29) is 5.69 Å². The molecule has 0 saturated carbocycles. The van der Waals surface area contributed by atoms with E-state index in [1.54, 1.807) is 13.0 Å². The molecule has 116 valence electrons. The average Bonchev–Trinajstić information content (AvgIpc) is 2.46. The Bertz CT molecular complexity index is 701. The zero-order valence-electron chi connectivity index (χ0n) is 12.6. The van der Waals surface area contributed by atoms with Crippen molar-refractivity contribution in [3.8, 4) is 5.75 Å². The minimum atomic E-state index is -0.827. The third kappa shape index (κ3) is 3.61. The topological polar surface area (TPSA) is 38.3 Å². The molecule has 0 aliphatic rings. The summed E-state index contributed by atoms with van der Waals surface area (Å²) in [6, 6.07) is 8.52. The van der Waals surface area contributed by atoms with Crippen LogP contribution in [-0.4, -0.2) is 12.0 Å². The largest absolute Gasteiger partial charge is 0.481 e. The predicted octanol–water partition coefficient (Wildman–Crippen LogP) is 3.99. The summed E-state index contributed by atoms with van der Waals surface area (Å²) >= 11 is 0. The first-order valence-corrected chi connectivity index (χ1v) is 6.87. The number of nitrogens with one attached hydrogen (secondary N) is 1. The molecule has 0 spiro atoms. The van der Waals surface area contributed by atoms with Gasteiger partial charge in [-0.3, -0.25) is 4.79 Å². The van der Waals surface area contributed by atoms with Crippen LogP contribution in [0.25, 0.3) is 0 Å². The predicted molar refractivity (Wildman–Crippen MR) is 81.0 cm³/mol. The summed E-state index contributed by atoms with van der Waals surface area (Å²) in [5.41, 5.74) is 1.91. The number of benzene rings is 2. The molecule has 0 aliphatic carbocycles. The molecule has 3 nitrogen and oxygen atoms in total. The molecule has 0 aromatic heterocycles. The van der Waals surface area contributed by atoms with E-state index in [0.717, 1.165) is 17.2 Å². The lowest BCUT2D eigenvalue weighted by molar-refractivity contribution is -0.122. The van der Waals surface area contributed by atoms with E-state index >= 15 is 0 Å². The molecule has 0 heterocycles. The van der Waals surface area contributed by atoms with Crippen LogP contribution in [-0.2, 0) is 4.79 Å². The lowest BCUT2D eigenvalue weighted by Gasteiger charge is -2.17. The maximum Gasteiger partial charge on any atom is 0.265 e. The zero-order valence-corrected chi connectivity index (χ0v) is 12.6. The van der Waals surface area contributed by atoms with Gasteiger partial charge in [-0.05, 0) is 50.1 Å². The number of halogens is 2. The maximum atomic E-state index is 13.5. The van der Waals surface area contributed by atoms with Crippen molar-refractivity contribution in [2.24, 2.45) is 0 Å². The highest BCUT2D eigenvalue weighted by atomic mass is 19.1. The number of aryl methyl sites for hydroxylation is 1. The number of ether oxygens (including phenoxy) is 1. The van der Waals surface area contributed by atoms with E-state index < -0.39 is 23.6 Å². The molecule has 0 saturated heterocycles. The molecule has 0 fully saturated rings. The molecule has 2 aromatic rings. The van der Waals surface area contributed by atoms with Crippen LogP contribution < -0.4 is 10.1 Å². The summed E-state index contributed by atoms with van der Waals surface area (Å²) < 4.78 is 32.0. The van der Waals surface area contributed by atoms with Crippen LogP contribution in [0.3, 0.4) is 0 Å². The summed E-state index contributed by atoms with van der Waals surface area (Å²) in [5, 5.41) is 2.39. The van der Waals surface area contributed by atoms with Crippen molar-refractivity contribution in [2.45, 2.75) is 26.9 Å². The Balaban J connectivity index is 2.07. The van der Waals surface area contributed by atoms with Gasteiger partial charge < -0.3 is 10.1 Å². The van der Waals surface area contributed by atoms with Gasteiger partial charge in [0.05, 0.1) is 5.69 Å². The van der Waals surface area contributed by atoms with Gasteiger partial charge in [-0.2, -0.15) is 0 Å².